The molecule has 2 atom stereocenters. The normalized spacial score (nSPS) is 23.1. The van der Waals surface area contributed by atoms with E-state index in [-0.39, 0.29) is 5.41 Å². The van der Waals surface area contributed by atoms with Gasteiger partial charge in [0.25, 0.3) is 0 Å². The van der Waals surface area contributed by atoms with Crippen molar-refractivity contribution < 1.29 is 4.74 Å². The average Bonchev–Trinajstić information content (AvgIpc) is 3.23. The number of guanidine groups is 1. The molecule has 1 aromatic rings. The Bertz CT molecular complexity index is 667. The minimum atomic E-state index is 0.163. The zero-order chi connectivity index (χ0) is 20.0. The molecule has 3 rings (SSSR count). The van der Waals surface area contributed by atoms with Gasteiger partial charge in [-0.15, -0.1) is 0 Å². The number of nitrogens with zero attached hydrogens (tertiary/aromatic N) is 2. The summed E-state index contributed by atoms with van der Waals surface area (Å²) in [5, 5.41) is 6.95. The van der Waals surface area contributed by atoms with Gasteiger partial charge in [-0.3, -0.25) is 4.99 Å². The summed E-state index contributed by atoms with van der Waals surface area (Å²) in [6.07, 6.45) is 7.07. The molecule has 0 aliphatic carbocycles. The third-order valence-electron chi connectivity index (χ3n) is 5.63. The number of rotatable bonds is 5. The Hall–Kier alpha value is -2.01. The van der Waals surface area contributed by atoms with Crippen LogP contribution >= 0.6 is 0 Å². The Labute approximate surface area is 170 Å². The fourth-order valence-electron chi connectivity index (χ4n) is 4.16. The fourth-order valence-corrected chi connectivity index (χ4v) is 4.16. The summed E-state index contributed by atoms with van der Waals surface area (Å²) >= 11 is 0. The fraction of sp³-hybridized carbons (Fsp3) is 0.609. The summed E-state index contributed by atoms with van der Waals surface area (Å²) in [7, 11) is 1.83. The number of ether oxygens (including phenoxy) is 1. The van der Waals surface area contributed by atoms with Crippen LogP contribution in [0.2, 0.25) is 0 Å². The highest BCUT2D eigenvalue weighted by Gasteiger charge is 2.35. The average molecular weight is 385 g/mol. The lowest BCUT2D eigenvalue weighted by atomic mass is 9.78. The molecule has 28 heavy (non-hydrogen) atoms. The largest absolute Gasteiger partial charge is 0.377 e. The molecular weight excluding hydrogens is 348 g/mol. The Morgan fingerprint density at radius 3 is 2.50 bits per heavy atom. The maximum atomic E-state index is 6.09. The Balaban J connectivity index is 1.48. The molecule has 2 aliphatic rings. The number of aliphatic imine (C=N–C) groups is 1. The molecular formula is C23H36N4O. The van der Waals surface area contributed by atoms with Gasteiger partial charge in [-0.05, 0) is 36.0 Å². The van der Waals surface area contributed by atoms with E-state index in [1.165, 1.54) is 17.7 Å². The van der Waals surface area contributed by atoms with E-state index in [0.29, 0.717) is 12.0 Å². The molecule has 0 spiro atoms. The minimum Gasteiger partial charge on any atom is -0.377 e. The first kappa shape index (κ1) is 20.7. The molecule has 0 radical (unpaired) electrons. The number of benzene rings is 1. The van der Waals surface area contributed by atoms with E-state index in [0.717, 1.165) is 45.2 Å². The maximum absolute atomic E-state index is 6.09. The van der Waals surface area contributed by atoms with Crippen molar-refractivity contribution in [3.05, 3.63) is 42.0 Å². The quantitative estimate of drug-likeness (QED) is 0.463. The summed E-state index contributed by atoms with van der Waals surface area (Å²) in [6.45, 7) is 11.4. The van der Waals surface area contributed by atoms with E-state index in [2.05, 4.69) is 77.7 Å². The van der Waals surface area contributed by atoms with Gasteiger partial charge in [0.1, 0.15) is 0 Å². The summed E-state index contributed by atoms with van der Waals surface area (Å²) < 4.78 is 6.09. The molecule has 1 fully saturated rings. The third-order valence-corrected chi connectivity index (χ3v) is 5.63. The van der Waals surface area contributed by atoms with Crippen LogP contribution in [0.15, 0.2) is 41.4 Å². The van der Waals surface area contributed by atoms with Crippen molar-refractivity contribution in [2.24, 2.45) is 16.3 Å². The van der Waals surface area contributed by atoms with Crippen LogP contribution in [0.3, 0.4) is 0 Å². The van der Waals surface area contributed by atoms with Gasteiger partial charge in [-0.1, -0.05) is 45.1 Å². The van der Waals surface area contributed by atoms with Crippen LogP contribution in [0, 0.1) is 11.3 Å². The van der Waals surface area contributed by atoms with Crippen LogP contribution in [0.4, 0.5) is 5.69 Å². The predicted molar refractivity (Wildman–Crippen MR) is 118 cm³/mol. The van der Waals surface area contributed by atoms with Crippen LogP contribution in [-0.2, 0) is 11.3 Å². The van der Waals surface area contributed by atoms with E-state index in [1.807, 2.05) is 7.05 Å². The highest BCUT2D eigenvalue weighted by Crippen LogP contribution is 2.33. The van der Waals surface area contributed by atoms with E-state index >= 15 is 0 Å². The monoisotopic (exact) mass is 384 g/mol. The predicted octanol–water partition coefficient (Wildman–Crippen LogP) is 3.57. The van der Waals surface area contributed by atoms with Gasteiger partial charge in [0, 0.05) is 51.4 Å². The van der Waals surface area contributed by atoms with Crippen LogP contribution in [-0.4, -0.2) is 45.4 Å². The van der Waals surface area contributed by atoms with Crippen molar-refractivity contribution in [3.8, 4) is 0 Å². The van der Waals surface area contributed by atoms with Gasteiger partial charge >= 0.3 is 0 Å². The van der Waals surface area contributed by atoms with Gasteiger partial charge in [0.15, 0.2) is 5.96 Å². The topological polar surface area (TPSA) is 48.9 Å². The smallest absolute Gasteiger partial charge is 0.191 e. The van der Waals surface area contributed by atoms with Crippen molar-refractivity contribution in [1.82, 2.24) is 10.6 Å². The van der Waals surface area contributed by atoms with Crippen molar-refractivity contribution in [2.45, 2.75) is 46.3 Å². The first-order chi connectivity index (χ1) is 13.5. The highest BCUT2D eigenvalue weighted by molar-refractivity contribution is 5.79. The van der Waals surface area contributed by atoms with E-state index in [9.17, 15) is 0 Å². The second-order valence-electron chi connectivity index (χ2n) is 8.91. The molecule has 0 saturated carbocycles. The van der Waals surface area contributed by atoms with Crippen LogP contribution < -0.4 is 15.5 Å². The van der Waals surface area contributed by atoms with Gasteiger partial charge < -0.3 is 20.3 Å². The molecule has 2 heterocycles. The van der Waals surface area contributed by atoms with Crippen molar-refractivity contribution in [3.63, 3.8) is 0 Å². The summed E-state index contributed by atoms with van der Waals surface area (Å²) in [6, 6.07) is 8.79. The zero-order valence-electron chi connectivity index (χ0n) is 17.9. The Kier molecular flexibility index (Phi) is 7.00. The molecule has 0 bridgehead atoms. The number of anilines is 1. The van der Waals surface area contributed by atoms with Gasteiger partial charge in [-0.25, -0.2) is 0 Å². The lowest BCUT2D eigenvalue weighted by Gasteiger charge is -2.40. The zero-order valence-corrected chi connectivity index (χ0v) is 17.9. The number of hydrogen-bond donors (Lipinski definition) is 2. The number of hydrogen-bond acceptors (Lipinski definition) is 3. The summed E-state index contributed by atoms with van der Waals surface area (Å²) in [4.78, 5) is 6.75. The van der Waals surface area contributed by atoms with Crippen molar-refractivity contribution in [2.75, 3.05) is 38.2 Å². The third kappa shape index (κ3) is 5.51. The lowest BCUT2D eigenvalue weighted by molar-refractivity contribution is -0.0835. The maximum Gasteiger partial charge on any atom is 0.191 e. The van der Waals surface area contributed by atoms with Gasteiger partial charge in [0.2, 0.25) is 0 Å². The SMILES string of the molecule is CN=C(NCc1ccc(N2CC=CC2)cc1)NCC1CCCOC1C(C)(C)C. The summed E-state index contributed by atoms with van der Waals surface area (Å²) in [5.41, 5.74) is 2.70. The van der Waals surface area contributed by atoms with Crippen LogP contribution in [0.25, 0.3) is 0 Å². The first-order valence-electron chi connectivity index (χ1n) is 10.5. The standard InChI is InChI=1S/C23H36N4O/c1-23(2,3)21-19(8-7-15-28-21)17-26-22(24-4)25-16-18-9-11-20(12-10-18)27-13-5-6-14-27/h5-6,9-12,19,21H,7-8,13-17H2,1-4H3,(H2,24,25,26). The van der Waals surface area contributed by atoms with Gasteiger partial charge in [0.05, 0.1) is 6.10 Å². The number of nitrogens with one attached hydrogen (secondary N) is 2. The minimum absolute atomic E-state index is 0.163. The van der Waals surface area contributed by atoms with Gasteiger partial charge in [-0.2, -0.15) is 0 Å². The molecule has 0 amide bonds. The molecule has 1 aromatic carbocycles. The second-order valence-corrected chi connectivity index (χ2v) is 8.91. The molecule has 154 valence electrons. The van der Waals surface area contributed by atoms with E-state index in [1.54, 1.807) is 0 Å². The molecule has 0 aromatic heterocycles. The lowest BCUT2D eigenvalue weighted by Crippen LogP contribution is -2.47. The molecule has 5 nitrogen and oxygen atoms in total. The second kappa shape index (κ2) is 9.46. The van der Waals surface area contributed by atoms with Crippen LogP contribution in [0.5, 0.6) is 0 Å². The van der Waals surface area contributed by atoms with E-state index < -0.39 is 0 Å². The molecule has 2 aliphatic heterocycles. The Morgan fingerprint density at radius 2 is 1.86 bits per heavy atom. The van der Waals surface area contributed by atoms with Crippen molar-refractivity contribution >= 4 is 11.6 Å². The van der Waals surface area contributed by atoms with E-state index in [4.69, 9.17) is 4.74 Å². The Morgan fingerprint density at radius 1 is 1.14 bits per heavy atom. The van der Waals surface area contributed by atoms with Crippen LogP contribution in [0.1, 0.15) is 39.2 Å². The molecule has 5 heteroatoms. The summed E-state index contributed by atoms with van der Waals surface area (Å²) in [5.74, 6) is 1.37. The molecule has 2 N–H and O–H groups in total. The highest BCUT2D eigenvalue weighted by atomic mass is 16.5. The van der Waals surface area contributed by atoms with Crippen molar-refractivity contribution in [1.29, 1.82) is 0 Å². The molecule has 2 unspecified atom stereocenters. The molecule has 1 saturated heterocycles. The first-order valence-corrected chi connectivity index (χ1v) is 10.5.